The number of anilines is 1. The Kier molecular flexibility index (Phi) is 5.08. The van der Waals surface area contributed by atoms with Gasteiger partial charge in [-0.25, -0.2) is 0 Å². The fraction of sp³-hybridized carbons (Fsp3) is 0.812. The molecule has 2 rings (SSSR count). The van der Waals surface area contributed by atoms with Crippen LogP contribution in [0.5, 0.6) is 0 Å². The summed E-state index contributed by atoms with van der Waals surface area (Å²) in [4.78, 5) is 2.54. The number of nitrogens with zero attached hydrogens (tertiary/aromatic N) is 3. The van der Waals surface area contributed by atoms with E-state index >= 15 is 0 Å². The fourth-order valence-corrected chi connectivity index (χ4v) is 3.43. The molecule has 2 atom stereocenters. The summed E-state index contributed by atoms with van der Waals surface area (Å²) in [5.41, 5.74) is 8.50. The van der Waals surface area contributed by atoms with E-state index in [4.69, 9.17) is 5.73 Å². The minimum absolute atomic E-state index is 0.187. The van der Waals surface area contributed by atoms with Gasteiger partial charge in [0.2, 0.25) is 0 Å². The Labute approximate surface area is 123 Å². The molecular weight excluding hydrogens is 248 g/mol. The molecule has 0 bridgehead atoms. The van der Waals surface area contributed by atoms with Crippen molar-refractivity contribution >= 4 is 5.82 Å². The Balaban J connectivity index is 2.22. The number of aromatic nitrogens is 2. The molecule has 0 aromatic carbocycles. The lowest BCUT2D eigenvalue weighted by atomic mass is 9.98. The number of rotatable bonds is 4. The van der Waals surface area contributed by atoms with E-state index < -0.39 is 0 Å². The third-order valence-electron chi connectivity index (χ3n) is 4.56. The lowest BCUT2D eigenvalue weighted by Gasteiger charge is -2.25. The largest absolute Gasteiger partial charge is 0.357 e. The fourth-order valence-electron chi connectivity index (χ4n) is 3.43. The average molecular weight is 278 g/mol. The molecule has 1 aliphatic heterocycles. The van der Waals surface area contributed by atoms with Gasteiger partial charge in [-0.15, -0.1) is 0 Å². The van der Waals surface area contributed by atoms with Crippen LogP contribution in [0, 0.1) is 12.8 Å². The summed E-state index contributed by atoms with van der Waals surface area (Å²) in [6, 6.07) is 0.187. The minimum Gasteiger partial charge on any atom is -0.357 e. The smallest absolute Gasteiger partial charge is 0.130 e. The highest BCUT2D eigenvalue weighted by molar-refractivity contribution is 5.50. The highest BCUT2D eigenvalue weighted by Gasteiger charge is 2.23. The zero-order valence-corrected chi connectivity index (χ0v) is 13.5. The van der Waals surface area contributed by atoms with Gasteiger partial charge >= 0.3 is 0 Å². The van der Waals surface area contributed by atoms with E-state index in [1.165, 1.54) is 37.1 Å². The molecule has 1 aliphatic rings. The third-order valence-corrected chi connectivity index (χ3v) is 4.56. The zero-order valence-electron chi connectivity index (χ0n) is 13.5. The topological polar surface area (TPSA) is 47.1 Å². The highest BCUT2D eigenvalue weighted by Crippen LogP contribution is 2.29. The van der Waals surface area contributed by atoms with Crippen molar-refractivity contribution < 1.29 is 0 Å². The lowest BCUT2D eigenvalue weighted by molar-refractivity contribution is 0.459. The van der Waals surface area contributed by atoms with Crippen molar-refractivity contribution in [2.24, 2.45) is 18.7 Å². The molecule has 1 aromatic rings. The van der Waals surface area contributed by atoms with Crippen LogP contribution < -0.4 is 10.6 Å². The summed E-state index contributed by atoms with van der Waals surface area (Å²) < 4.78 is 2.05. The van der Waals surface area contributed by atoms with E-state index in [1.54, 1.807) is 0 Å². The maximum atomic E-state index is 6.02. The monoisotopic (exact) mass is 278 g/mol. The van der Waals surface area contributed by atoms with Gasteiger partial charge in [0.15, 0.2) is 0 Å². The molecule has 0 radical (unpaired) electrons. The van der Waals surface area contributed by atoms with Crippen molar-refractivity contribution in [2.45, 2.75) is 58.9 Å². The lowest BCUT2D eigenvalue weighted by Crippen LogP contribution is -2.28. The van der Waals surface area contributed by atoms with Gasteiger partial charge in [0.05, 0.1) is 5.69 Å². The van der Waals surface area contributed by atoms with Crippen LogP contribution in [-0.2, 0) is 13.5 Å². The highest BCUT2D eigenvalue weighted by atomic mass is 15.4. The Bertz CT molecular complexity index is 436. The van der Waals surface area contributed by atoms with Crippen LogP contribution in [0.4, 0.5) is 5.82 Å². The van der Waals surface area contributed by atoms with Crippen molar-refractivity contribution in [3.05, 3.63) is 11.3 Å². The molecular formula is C16H30N4. The summed E-state index contributed by atoms with van der Waals surface area (Å²) in [6.07, 6.45) is 6.19. The predicted octanol–water partition coefficient (Wildman–Crippen LogP) is 2.63. The molecule has 20 heavy (non-hydrogen) atoms. The summed E-state index contributed by atoms with van der Waals surface area (Å²) in [5.74, 6) is 2.20. The normalized spacial score (nSPS) is 21.9. The summed E-state index contributed by atoms with van der Waals surface area (Å²) >= 11 is 0. The molecule has 0 saturated carbocycles. The van der Waals surface area contributed by atoms with E-state index in [9.17, 15) is 0 Å². The Morgan fingerprint density at radius 3 is 2.75 bits per heavy atom. The molecule has 1 aromatic heterocycles. The van der Waals surface area contributed by atoms with E-state index in [0.717, 1.165) is 31.1 Å². The average Bonchev–Trinajstić information content (AvgIpc) is 2.58. The van der Waals surface area contributed by atoms with Gasteiger partial charge in [0.1, 0.15) is 5.82 Å². The van der Waals surface area contributed by atoms with Crippen LogP contribution in [0.15, 0.2) is 0 Å². The quantitative estimate of drug-likeness (QED) is 0.921. The molecule has 1 fully saturated rings. The third kappa shape index (κ3) is 3.35. The summed E-state index contributed by atoms with van der Waals surface area (Å²) in [7, 11) is 2.06. The predicted molar refractivity (Wildman–Crippen MR) is 85.1 cm³/mol. The molecule has 4 heteroatoms. The van der Waals surface area contributed by atoms with Gasteiger partial charge in [-0.1, -0.05) is 13.3 Å². The first-order valence-corrected chi connectivity index (χ1v) is 8.05. The second-order valence-corrected chi connectivity index (χ2v) is 6.38. The first-order valence-electron chi connectivity index (χ1n) is 8.05. The molecule has 0 spiro atoms. The second kappa shape index (κ2) is 6.61. The van der Waals surface area contributed by atoms with Crippen molar-refractivity contribution in [1.29, 1.82) is 0 Å². The number of hydrogen-bond acceptors (Lipinski definition) is 3. The van der Waals surface area contributed by atoms with Crippen molar-refractivity contribution in [3.8, 4) is 0 Å². The maximum absolute atomic E-state index is 6.02. The summed E-state index contributed by atoms with van der Waals surface area (Å²) in [6.45, 7) is 8.81. The van der Waals surface area contributed by atoms with Crippen molar-refractivity contribution in [2.75, 3.05) is 18.0 Å². The van der Waals surface area contributed by atoms with E-state index in [1.807, 2.05) is 0 Å². The SMILES string of the molecule is CCC1CCCN(c2c(CC(C)N)c(C)nn2C)CC1. The van der Waals surface area contributed by atoms with Crippen molar-refractivity contribution in [1.82, 2.24) is 9.78 Å². The summed E-state index contributed by atoms with van der Waals surface area (Å²) in [5, 5.41) is 4.63. The zero-order chi connectivity index (χ0) is 14.7. The molecule has 4 nitrogen and oxygen atoms in total. The van der Waals surface area contributed by atoms with E-state index in [0.29, 0.717) is 0 Å². The van der Waals surface area contributed by atoms with Crippen LogP contribution in [0.25, 0.3) is 0 Å². The van der Waals surface area contributed by atoms with E-state index in [2.05, 4.69) is 42.5 Å². The van der Waals surface area contributed by atoms with Gasteiger partial charge in [-0.2, -0.15) is 5.10 Å². The minimum atomic E-state index is 0.187. The molecule has 2 N–H and O–H groups in total. The van der Waals surface area contributed by atoms with Crippen LogP contribution in [0.2, 0.25) is 0 Å². The van der Waals surface area contributed by atoms with Crippen LogP contribution in [0.1, 0.15) is 50.8 Å². The first-order chi connectivity index (χ1) is 9.52. The van der Waals surface area contributed by atoms with Crippen LogP contribution in [0.3, 0.4) is 0 Å². The maximum Gasteiger partial charge on any atom is 0.130 e. The van der Waals surface area contributed by atoms with Gasteiger partial charge in [0, 0.05) is 31.7 Å². The number of hydrogen-bond donors (Lipinski definition) is 1. The molecule has 2 unspecified atom stereocenters. The van der Waals surface area contributed by atoms with Gasteiger partial charge in [0.25, 0.3) is 0 Å². The molecule has 0 aliphatic carbocycles. The first kappa shape index (κ1) is 15.4. The van der Waals surface area contributed by atoms with Crippen LogP contribution >= 0.6 is 0 Å². The second-order valence-electron chi connectivity index (χ2n) is 6.38. The Morgan fingerprint density at radius 1 is 1.35 bits per heavy atom. The number of nitrogens with two attached hydrogens (primary N) is 1. The van der Waals surface area contributed by atoms with E-state index in [-0.39, 0.29) is 6.04 Å². The molecule has 2 heterocycles. The van der Waals surface area contributed by atoms with Crippen LogP contribution in [-0.4, -0.2) is 28.9 Å². The van der Waals surface area contributed by atoms with Gasteiger partial charge in [-0.05, 0) is 45.4 Å². The number of aryl methyl sites for hydroxylation is 2. The standard InChI is InChI=1S/C16H30N4/c1-5-14-7-6-9-20(10-8-14)16-15(11-12(2)17)13(3)18-19(16)4/h12,14H,5-11,17H2,1-4H3. The van der Waals surface area contributed by atoms with Crippen molar-refractivity contribution in [3.63, 3.8) is 0 Å². The van der Waals surface area contributed by atoms with Gasteiger partial charge < -0.3 is 10.6 Å². The Hall–Kier alpha value is -1.03. The Morgan fingerprint density at radius 2 is 2.10 bits per heavy atom. The molecule has 114 valence electrons. The molecule has 1 saturated heterocycles. The van der Waals surface area contributed by atoms with Gasteiger partial charge in [-0.3, -0.25) is 4.68 Å². The molecule has 0 amide bonds.